The summed E-state index contributed by atoms with van der Waals surface area (Å²) >= 11 is 11.2. The fourth-order valence-corrected chi connectivity index (χ4v) is 1.76. The highest BCUT2D eigenvalue weighted by Gasteiger charge is 2.11. The summed E-state index contributed by atoms with van der Waals surface area (Å²) < 4.78 is 32.1. The predicted octanol–water partition coefficient (Wildman–Crippen LogP) is 5.15. The summed E-state index contributed by atoms with van der Waals surface area (Å²) in [5.74, 6) is -0.924. The Balaban J connectivity index is 2.36. The molecule has 0 aliphatic heterocycles. The van der Waals surface area contributed by atoms with Crippen LogP contribution in [0.2, 0.25) is 5.02 Å². The van der Waals surface area contributed by atoms with Gasteiger partial charge in [-0.2, -0.15) is 0 Å². The molecule has 0 aliphatic rings. The van der Waals surface area contributed by atoms with Gasteiger partial charge >= 0.3 is 0 Å². The lowest BCUT2D eigenvalue weighted by atomic mass is 10.2. The molecule has 94 valence electrons. The van der Waals surface area contributed by atoms with Crippen LogP contribution in [0.4, 0.5) is 8.78 Å². The van der Waals surface area contributed by atoms with Crippen LogP contribution in [-0.4, -0.2) is 0 Å². The summed E-state index contributed by atoms with van der Waals surface area (Å²) in [6.07, 6.45) is 0. The zero-order valence-corrected chi connectivity index (χ0v) is 10.6. The third kappa shape index (κ3) is 2.74. The molecule has 2 rings (SSSR count). The van der Waals surface area contributed by atoms with Crippen LogP contribution in [0.15, 0.2) is 36.4 Å². The summed E-state index contributed by atoms with van der Waals surface area (Å²) in [4.78, 5) is 0. The molecule has 1 nitrogen and oxygen atoms in total. The number of benzene rings is 2. The van der Waals surface area contributed by atoms with E-state index in [9.17, 15) is 8.78 Å². The Kier molecular flexibility index (Phi) is 4.04. The van der Waals surface area contributed by atoms with Crippen molar-refractivity contribution >= 4 is 23.2 Å². The molecular formula is C13H8Cl2F2O. The first-order valence-electron chi connectivity index (χ1n) is 5.08. The molecule has 0 aromatic heterocycles. The van der Waals surface area contributed by atoms with Crippen molar-refractivity contribution in [2.24, 2.45) is 0 Å². The summed E-state index contributed by atoms with van der Waals surface area (Å²) in [5, 5.41) is -0.0200. The number of halogens is 4. The molecule has 0 bridgehead atoms. The van der Waals surface area contributed by atoms with E-state index < -0.39 is 11.6 Å². The van der Waals surface area contributed by atoms with E-state index in [0.717, 1.165) is 6.07 Å². The van der Waals surface area contributed by atoms with Crippen LogP contribution in [0.3, 0.4) is 0 Å². The second-order valence-electron chi connectivity index (χ2n) is 3.54. The minimum absolute atomic E-state index is 0.00535. The maximum atomic E-state index is 13.6. The highest BCUT2D eigenvalue weighted by atomic mass is 35.5. The second-order valence-corrected chi connectivity index (χ2v) is 4.21. The Bertz CT molecular complexity index is 573. The molecule has 2 aromatic carbocycles. The van der Waals surface area contributed by atoms with E-state index in [1.165, 1.54) is 24.3 Å². The van der Waals surface area contributed by atoms with Gasteiger partial charge < -0.3 is 4.74 Å². The van der Waals surface area contributed by atoms with Crippen LogP contribution in [0.5, 0.6) is 11.5 Å². The van der Waals surface area contributed by atoms with Gasteiger partial charge in [0, 0.05) is 11.6 Å². The molecule has 0 saturated heterocycles. The van der Waals surface area contributed by atoms with Gasteiger partial charge in [0.15, 0.2) is 11.6 Å². The quantitative estimate of drug-likeness (QED) is 0.710. The van der Waals surface area contributed by atoms with Crippen molar-refractivity contribution in [3.8, 4) is 11.5 Å². The zero-order valence-electron chi connectivity index (χ0n) is 9.09. The number of hydrogen-bond donors (Lipinski definition) is 0. The van der Waals surface area contributed by atoms with Crippen molar-refractivity contribution < 1.29 is 13.5 Å². The fourth-order valence-electron chi connectivity index (χ4n) is 1.43. The van der Waals surface area contributed by atoms with Gasteiger partial charge in [-0.15, -0.1) is 11.6 Å². The lowest BCUT2D eigenvalue weighted by Gasteiger charge is -2.10. The number of rotatable bonds is 3. The van der Waals surface area contributed by atoms with E-state index in [1.54, 1.807) is 6.07 Å². The standard InChI is InChI=1S/C13H8Cl2F2O/c14-7-8-2-1-3-11(16)13(8)18-9-4-5-10(15)12(17)6-9/h1-6H,7H2. The van der Waals surface area contributed by atoms with E-state index in [1.807, 2.05) is 0 Å². The first-order chi connectivity index (χ1) is 8.61. The van der Waals surface area contributed by atoms with Crippen molar-refractivity contribution in [3.63, 3.8) is 0 Å². The summed E-state index contributed by atoms with van der Waals surface area (Å²) in [5.41, 5.74) is 0.493. The summed E-state index contributed by atoms with van der Waals surface area (Å²) in [6, 6.07) is 8.30. The molecule has 0 saturated carbocycles. The molecule has 0 spiro atoms. The van der Waals surface area contributed by atoms with Crippen LogP contribution in [0, 0.1) is 11.6 Å². The Morgan fingerprint density at radius 3 is 2.50 bits per heavy atom. The Labute approximate surface area is 113 Å². The molecule has 5 heteroatoms. The number of hydrogen-bond acceptors (Lipinski definition) is 1. The van der Waals surface area contributed by atoms with Crippen molar-refractivity contribution in [1.82, 2.24) is 0 Å². The monoisotopic (exact) mass is 288 g/mol. The fraction of sp³-hybridized carbons (Fsp3) is 0.0769. The molecule has 0 heterocycles. The van der Waals surface area contributed by atoms with Gasteiger partial charge in [0.1, 0.15) is 11.6 Å². The van der Waals surface area contributed by atoms with E-state index in [0.29, 0.717) is 5.56 Å². The van der Waals surface area contributed by atoms with Gasteiger partial charge in [0.2, 0.25) is 0 Å². The van der Waals surface area contributed by atoms with Crippen molar-refractivity contribution in [2.75, 3.05) is 0 Å². The van der Waals surface area contributed by atoms with Crippen LogP contribution >= 0.6 is 23.2 Å². The van der Waals surface area contributed by atoms with Crippen molar-refractivity contribution in [2.45, 2.75) is 5.88 Å². The van der Waals surface area contributed by atoms with Gasteiger partial charge in [0.05, 0.1) is 10.9 Å². The third-order valence-corrected chi connectivity index (χ3v) is 2.90. The Morgan fingerprint density at radius 1 is 1.06 bits per heavy atom. The largest absolute Gasteiger partial charge is 0.454 e. The third-order valence-electron chi connectivity index (χ3n) is 2.30. The summed E-state index contributed by atoms with van der Waals surface area (Å²) in [7, 11) is 0. The minimum Gasteiger partial charge on any atom is -0.454 e. The smallest absolute Gasteiger partial charge is 0.167 e. The average Bonchev–Trinajstić information content (AvgIpc) is 2.36. The molecule has 18 heavy (non-hydrogen) atoms. The first kappa shape index (κ1) is 13.1. The second kappa shape index (κ2) is 5.55. The average molecular weight is 289 g/mol. The molecule has 2 aromatic rings. The lowest BCUT2D eigenvalue weighted by molar-refractivity contribution is 0.435. The van der Waals surface area contributed by atoms with Crippen LogP contribution in [0.1, 0.15) is 5.56 Å². The molecule has 0 aliphatic carbocycles. The SMILES string of the molecule is Fc1cc(Oc2c(F)cccc2CCl)ccc1Cl. The molecule has 0 atom stereocenters. The highest BCUT2D eigenvalue weighted by Crippen LogP contribution is 2.31. The van der Waals surface area contributed by atoms with Gasteiger partial charge in [-0.05, 0) is 18.2 Å². The maximum absolute atomic E-state index is 13.6. The van der Waals surface area contributed by atoms with E-state index >= 15 is 0 Å². The summed E-state index contributed by atoms with van der Waals surface area (Å²) in [6.45, 7) is 0. The number of ether oxygens (including phenoxy) is 1. The van der Waals surface area contributed by atoms with Gasteiger partial charge in [-0.1, -0.05) is 23.7 Å². The van der Waals surface area contributed by atoms with Gasteiger partial charge in [-0.25, -0.2) is 8.78 Å². The molecular weight excluding hydrogens is 281 g/mol. The number of para-hydroxylation sites is 1. The van der Waals surface area contributed by atoms with Crippen LogP contribution < -0.4 is 4.74 Å². The lowest BCUT2D eigenvalue weighted by Crippen LogP contribution is -1.94. The molecule has 0 amide bonds. The number of alkyl halides is 1. The van der Waals surface area contributed by atoms with E-state index in [2.05, 4.69) is 0 Å². The van der Waals surface area contributed by atoms with Gasteiger partial charge in [-0.3, -0.25) is 0 Å². The van der Waals surface area contributed by atoms with Crippen LogP contribution in [-0.2, 0) is 5.88 Å². The van der Waals surface area contributed by atoms with Crippen molar-refractivity contribution in [3.05, 3.63) is 58.6 Å². The predicted molar refractivity (Wildman–Crippen MR) is 67.4 cm³/mol. The molecule has 0 N–H and O–H groups in total. The van der Waals surface area contributed by atoms with Crippen LogP contribution in [0.25, 0.3) is 0 Å². The Hall–Kier alpha value is -1.32. The molecule has 0 fully saturated rings. The normalized spacial score (nSPS) is 10.4. The molecule has 0 unspecified atom stereocenters. The van der Waals surface area contributed by atoms with E-state index in [4.69, 9.17) is 27.9 Å². The van der Waals surface area contributed by atoms with Crippen molar-refractivity contribution in [1.29, 1.82) is 0 Å². The zero-order chi connectivity index (χ0) is 13.1. The molecule has 0 radical (unpaired) electrons. The van der Waals surface area contributed by atoms with Gasteiger partial charge in [0.25, 0.3) is 0 Å². The maximum Gasteiger partial charge on any atom is 0.167 e. The minimum atomic E-state index is -0.627. The van der Waals surface area contributed by atoms with E-state index in [-0.39, 0.29) is 22.4 Å². The Morgan fingerprint density at radius 2 is 1.83 bits per heavy atom. The topological polar surface area (TPSA) is 9.23 Å². The first-order valence-corrected chi connectivity index (χ1v) is 5.99. The highest BCUT2D eigenvalue weighted by molar-refractivity contribution is 6.30.